The van der Waals surface area contributed by atoms with Crippen molar-refractivity contribution in [1.82, 2.24) is 10.3 Å². The van der Waals surface area contributed by atoms with E-state index < -0.39 is 11.9 Å². The lowest BCUT2D eigenvalue weighted by molar-refractivity contribution is -0.143. The van der Waals surface area contributed by atoms with Crippen LogP contribution in [0, 0.1) is 6.92 Å². The van der Waals surface area contributed by atoms with Crippen molar-refractivity contribution >= 4 is 40.1 Å². The van der Waals surface area contributed by atoms with Crippen molar-refractivity contribution in [2.75, 3.05) is 13.7 Å². The number of benzene rings is 1. The molecule has 7 nitrogen and oxygen atoms in total. The van der Waals surface area contributed by atoms with Crippen LogP contribution in [0.1, 0.15) is 31.3 Å². The van der Waals surface area contributed by atoms with Crippen LogP contribution in [0.15, 0.2) is 41.8 Å². The van der Waals surface area contributed by atoms with Gasteiger partial charge in [-0.2, -0.15) is 0 Å². The Labute approximate surface area is 165 Å². The van der Waals surface area contributed by atoms with Gasteiger partial charge in [0.2, 0.25) is 0 Å². The van der Waals surface area contributed by atoms with Crippen molar-refractivity contribution in [3.05, 3.63) is 63.5 Å². The number of methoxy groups -OCH3 is 1. The molecule has 8 heteroatoms. The second kappa shape index (κ2) is 8.62. The Bertz CT molecular complexity index is 1030. The number of aryl methyl sites for hydroxylation is 1. The minimum absolute atomic E-state index is 0.205. The number of fused-ring (bicyclic) bond motifs is 1. The zero-order valence-electron chi connectivity index (χ0n) is 15.4. The van der Waals surface area contributed by atoms with E-state index in [4.69, 9.17) is 9.47 Å². The van der Waals surface area contributed by atoms with E-state index in [1.54, 1.807) is 24.4 Å². The normalized spacial score (nSPS) is 10.5. The summed E-state index contributed by atoms with van der Waals surface area (Å²) >= 11 is 1.28. The van der Waals surface area contributed by atoms with Gasteiger partial charge in [-0.05, 0) is 30.0 Å². The predicted molar refractivity (Wildman–Crippen MR) is 104 cm³/mol. The standard InChI is InChI=1S/C20H18N2O5S/c1-12-13-6-3-4-7-14(13)22-15(18(12)20(25)26-2)11-27-17(23)10-21-19(24)16-8-5-9-28-16/h3-9H,10-11H2,1-2H3,(H,21,24). The third-order valence-corrected chi connectivity index (χ3v) is 4.99. The SMILES string of the molecule is COC(=O)c1c(COC(=O)CNC(=O)c2cccs2)nc2ccccc2c1C. The minimum Gasteiger partial charge on any atom is -0.465 e. The Kier molecular flexibility index (Phi) is 6.00. The van der Waals surface area contributed by atoms with E-state index in [0.29, 0.717) is 21.7 Å². The van der Waals surface area contributed by atoms with Gasteiger partial charge in [-0.1, -0.05) is 24.3 Å². The second-order valence-electron chi connectivity index (χ2n) is 5.89. The van der Waals surface area contributed by atoms with Gasteiger partial charge < -0.3 is 14.8 Å². The number of hydrogen-bond acceptors (Lipinski definition) is 7. The van der Waals surface area contributed by atoms with E-state index >= 15 is 0 Å². The number of pyridine rings is 1. The van der Waals surface area contributed by atoms with Gasteiger partial charge in [0.1, 0.15) is 13.2 Å². The number of nitrogens with zero attached hydrogens (tertiary/aromatic N) is 1. The molecule has 3 aromatic rings. The molecule has 0 unspecified atom stereocenters. The maximum atomic E-state index is 12.2. The van der Waals surface area contributed by atoms with E-state index in [0.717, 1.165) is 5.39 Å². The van der Waals surface area contributed by atoms with Crippen LogP contribution in [0.25, 0.3) is 10.9 Å². The van der Waals surface area contributed by atoms with Crippen molar-refractivity contribution in [1.29, 1.82) is 0 Å². The number of nitrogens with one attached hydrogen (secondary N) is 1. The number of hydrogen-bond donors (Lipinski definition) is 1. The van der Waals surface area contributed by atoms with Gasteiger partial charge in [-0.25, -0.2) is 9.78 Å². The molecule has 144 valence electrons. The smallest absolute Gasteiger partial charge is 0.340 e. The van der Waals surface area contributed by atoms with Crippen LogP contribution in [0.3, 0.4) is 0 Å². The summed E-state index contributed by atoms with van der Waals surface area (Å²) in [4.78, 5) is 41.1. The zero-order valence-corrected chi connectivity index (χ0v) is 16.2. The summed E-state index contributed by atoms with van der Waals surface area (Å²) in [6.45, 7) is 1.31. The van der Waals surface area contributed by atoms with Crippen molar-refractivity contribution in [3.63, 3.8) is 0 Å². The van der Waals surface area contributed by atoms with E-state index in [-0.39, 0.29) is 24.6 Å². The molecule has 0 radical (unpaired) electrons. The van der Waals surface area contributed by atoms with E-state index in [2.05, 4.69) is 10.3 Å². The Morgan fingerprint density at radius 3 is 2.64 bits per heavy atom. The highest BCUT2D eigenvalue weighted by Gasteiger charge is 2.20. The first-order chi connectivity index (χ1) is 13.5. The molecule has 1 N–H and O–H groups in total. The average Bonchev–Trinajstić information content (AvgIpc) is 3.25. The van der Waals surface area contributed by atoms with E-state index in [1.165, 1.54) is 18.4 Å². The minimum atomic E-state index is -0.631. The number of carbonyl (C=O) groups excluding carboxylic acids is 3. The van der Waals surface area contributed by atoms with Crippen molar-refractivity contribution in [3.8, 4) is 0 Å². The lowest BCUT2D eigenvalue weighted by Gasteiger charge is -2.13. The molecule has 0 bridgehead atoms. The van der Waals surface area contributed by atoms with Crippen LogP contribution < -0.4 is 5.32 Å². The van der Waals surface area contributed by atoms with Gasteiger partial charge in [0, 0.05) is 5.39 Å². The van der Waals surface area contributed by atoms with Crippen LogP contribution >= 0.6 is 11.3 Å². The molecule has 0 aliphatic heterocycles. The molecule has 0 atom stereocenters. The number of para-hydroxylation sites is 1. The van der Waals surface area contributed by atoms with Crippen LogP contribution in [0.5, 0.6) is 0 Å². The molecule has 0 aliphatic rings. The first-order valence-electron chi connectivity index (χ1n) is 8.45. The summed E-state index contributed by atoms with van der Waals surface area (Å²) in [6, 6.07) is 10.8. The maximum absolute atomic E-state index is 12.2. The molecule has 0 spiro atoms. The average molecular weight is 398 g/mol. The van der Waals surface area contributed by atoms with Gasteiger partial charge in [0.15, 0.2) is 0 Å². The fourth-order valence-corrected chi connectivity index (χ4v) is 3.41. The molecule has 3 rings (SSSR count). The van der Waals surface area contributed by atoms with Crippen LogP contribution in [-0.2, 0) is 20.9 Å². The molecule has 2 heterocycles. The summed E-state index contributed by atoms with van der Waals surface area (Å²) in [5, 5.41) is 5.09. The topological polar surface area (TPSA) is 94.6 Å². The molecular formula is C20H18N2O5S. The predicted octanol–water partition coefficient (Wildman–Crippen LogP) is 2.86. The third-order valence-electron chi connectivity index (χ3n) is 4.12. The lowest BCUT2D eigenvalue weighted by Crippen LogP contribution is -2.30. The van der Waals surface area contributed by atoms with Crippen LogP contribution in [-0.4, -0.2) is 36.5 Å². The second-order valence-corrected chi connectivity index (χ2v) is 6.84. The summed E-state index contributed by atoms with van der Waals surface area (Å²) in [5.41, 5.74) is 1.97. The van der Waals surface area contributed by atoms with Gasteiger partial charge in [0.05, 0.1) is 28.8 Å². The Morgan fingerprint density at radius 1 is 1.14 bits per heavy atom. The molecule has 28 heavy (non-hydrogen) atoms. The maximum Gasteiger partial charge on any atom is 0.340 e. The Hall–Kier alpha value is -3.26. The van der Waals surface area contributed by atoms with E-state index in [1.807, 2.05) is 24.3 Å². The summed E-state index contributed by atoms with van der Waals surface area (Å²) in [7, 11) is 1.28. The monoisotopic (exact) mass is 398 g/mol. The van der Waals surface area contributed by atoms with Crippen molar-refractivity contribution < 1.29 is 23.9 Å². The summed E-state index contributed by atoms with van der Waals surface area (Å²) < 4.78 is 10.1. The molecule has 2 aromatic heterocycles. The number of thiophene rings is 1. The molecule has 0 aliphatic carbocycles. The van der Waals surface area contributed by atoms with Gasteiger partial charge in [-0.15, -0.1) is 11.3 Å². The number of amides is 1. The van der Waals surface area contributed by atoms with Gasteiger partial charge in [0.25, 0.3) is 5.91 Å². The van der Waals surface area contributed by atoms with Crippen molar-refractivity contribution in [2.24, 2.45) is 0 Å². The Balaban J connectivity index is 1.73. The highest BCUT2D eigenvalue weighted by atomic mass is 32.1. The van der Waals surface area contributed by atoms with Crippen LogP contribution in [0.4, 0.5) is 0 Å². The molecule has 0 saturated carbocycles. The summed E-state index contributed by atoms with van der Waals surface area (Å²) in [6.07, 6.45) is 0. The lowest BCUT2D eigenvalue weighted by atomic mass is 10.0. The molecule has 1 amide bonds. The summed E-state index contributed by atoms with van der Waals surface area (Å²) in [5.74, 6) is -1.52. The number of ether oxygens (including phenoxy) is 2. The fraction of sp³-hybridized carbons (Fsp3) is 0.200. The van der Waals surface area contributed by atoms with Gasteiger partial charge in [-0.3, -0.25) is 9.59 Å². The quantitative estimate of drug-likeness (QED) is 0.642. The van der Waals surface area contributed by atoms with Gasteiger partial charge >= 0.3 is 11.9 Å². The third kappa shape index (κ3) is 4.17. The van der Waals surface area contributed by atoms with E-state index in [9.17, 15) is 14.4 Å². The molecular weight excluding hydrogens is 380 g/mol. The number of aromatic nitrogens is 1. The molecule has 1 aromatic carbocycles. The highest BCUT2D eigenvalue weighted by Crippen LogP contribution is 2.24. The fourth-order valence-electron chi connectivity index (χ4n) is 2.77. The zero-order chi connectivity index (χ0) is 20.1. The Morgan fingerprint density at radius 2 is 1.93 bits per heavy atom. The number of carbonyl (C=O) groups is 3. The first kappa shape index (κ1) is 19.5. The highest BCUT2D eigenvalue weighted by molar-refractivity contribution is 7.12. The molecule has 0 fully saturated rings. The number of esters is 2. The first-order valence-corrected chi connectivity index (χ1v) is 9.33. The molecule has 0 saturated heterocycles. The van der Waals surface area contributed by atoms with Crippen molar-refractivity contribution in [2.45, 2.75) is 13.5 Å². The largest absolute Gasteiger partial charge is 0.465 e. The number of rotatable bonds is 6. The van der Waals surface area contributed by atoms with Crippen LogP contribution in [0.2, 0.25) is 0 Å².